The molecule has 0 saturated heterocycles. The van der Waals surface area contributed by atoms with E-state index in [2.05, 4.69) is 10.2 Å². The number of carboxylic acid groups (broad SMARTS) is 1. The number of hydrogen-bond donors (Lipinski definition) is 1. The van der Waals surface area contributed by atoms with Gasteiger partial charge in [0.25, 0.3) is 0 Å². The van der Waals surface area contributed by atoms with Crippen LogP contribution in [0.4, 0.5) is 0 Å². The lowest BCUT2D eigenvalue weighted by Crippen LogP contribution is -2.17. The van der Waals surface area contributed by atoms with Gasteiger partial charge in [0.05, 0.1) is 18.5 Å². The van der Waals surface area contributed by atoms with E-state index in [4.69, 9.17) is 4.74 Å². The summed E-state index contributed by atoms with van der Waals surface area (Å²) >= 11 is 0. The molecule has 0 aliphatic rings. The number of carbonyl (C=O) groups is 1. The van der Waals surface area contributed by atoms with Crippen LogP contribution in [0.5, 0.6) is 5.75 Å². The predicted molar refractivity (Wildman–Crippen MR) is 73.8 cm³/mol. The van der Waals surface area contributed by atoms with Crippen molar-refractivity contribution in [3.63, 3.8) is 0 Å². The molecule has 1 aromatic carbocycles. The summed E-state index contributed by atoms with van der Waals surface area (Å²) in [7, 11) is 1.57. The minimum atomic E-state index is -0.922. The molecule has 1 heterocycles. The largest absolute Gasteiger partial charge is 0.496 e. The lowest BCUT2D eigenvalue weighted by molar-refractivity contribution is -0.138. The van der Waals surface area contributed by atoms with E-state index < -0.39 is 11.9 Å². The lowest BCUT2D eigenvalue weighted by Gasteiger charge is -2.14. The first kappa shape index (κ1) is 14.0. The quantitative estimate of drug-likeness (QED) is 0.903. The summed E-state index contributed by atoms with van der Waals surface area (Å²) in [6.07, 6.45) is 0.317. The van der Waals surface area contributed by atoms with Crippen molar-refractivity contribution >= 4 is 5.97 Å². The van der Waals surface area contributed by atoms with Gasteiger partial charge in [-0.3, -0.25) is 4.79 Å². The maximum Gasteiger partial charge on any atom is 0.313 e. The van der Waals surface area contributed by atoms with Gasteiger partial charge in [0, 0.05) is 0 Å². The number of carboxylic acids is 1. The average Bonchev–Trinajstić information content (AvgIpc) is 2.46. The van der Waals surface area contributed by atoms with E-state index in [0.29, 0.717) is 17.9 Å². The van der Waals surface area contributed by atoms with Gasteiger partial charge in [0.2, 0.25) is 0 Å². The van der Waals surface area contributed by atoms with Crippen LogP contribution >= 0.6 is 0 Å². The van der Waals surface area contributed by atoms with E-state index >= 15 is 0 Å². The van der Waals surface area contributed by atoms with Crippen molar-refractivity contribution in [3.05, 3.63) is 53.3 Å². The number of methoxy groups -OCH3 is 1. The van der Waals surface area contributed by atoms with Crippen LogP contribution in [-0.4, -0.2) is 28.4 Å². The second kappa shape index (κ2) is 6.14. The molecule has 0 bridgehead atoms. The Balaban J connectivity index is 2.30. The van der Waals surface area contributed by atoms with Gasteiger partial charge in [-0.1, -0.05) is 18.2 Å². The number of para-hydroxylation sites is 1. The van der Waals surface area contributed by atoms with Crippen LogP contribution in [0, 0.1) is 6.92 Å². The van der Waals surface area contributed by atoms with Gasteiger partial charge in [-0.05, 0) is 37.1 Å². The number of aromatic nitrogens is 2. The van der Waals surface area contributed by atoms with Gasteiger partial charge in [0.1, 0.15) is 11.7 Å². The number of aryl methyl sites for hydroxylation is 1. The summed E-state index contributed by atoms with van der Waals surface area (Å²) in [5.74, 6) is -0.979. The van der Waals surface area contributed by atoms with Crippen LogP contribution in [0.1, 0.15) is 22.9 Å². The highest BCUT2D eigenvalue weighted by atomic mass is 16.5. The van der Waals surface area contributed by atoms with Crippen LogP contribution in [0.15, 0.2) is 36.4 Å². The highest BCUT2D eigenvalue weighted by Gasteiger charge is 2.23. The van der Waals surface area contributed by atoms with E-state index in [1.54, 1.807) is 19.2 Å². The Morgan fingerprint density at radius 2 is 2.00 bits per heavy atom. The topological polar surface area (TPSA) is 72.3 Å². The molecule has 0 radical (unpaired) electrons. The van der Waals surface area contributed by atoms with Gasteiger partial charge >= 0.3 is 5.97 Å². The molecule has 0 aliphatic heterocycles. The van der Waals surface area contributed by atoms with Crippen molar-refractivity contribution in [2.45, 2.75) is 19.3 Å². The molecule has 1 unspecified atom stereocenters. The minimum absolute atomic E-state index is 0.317. The number of hydrogen-bond acceptors (Lipinski definition) is 4. The molecule has 0 amide bonds. The Kier molecular flexibility index (Phi) is 4.30. The van der Waals surface area contributed by atoms with E-state index in [0.717, 1.165) is 11.3 Å². The Hall–Kier alpha value is -2.43. The SMILES string of the molecule is COc1ccccc1CC(C(=O)O)c1ccc(C)nn1. The summed E-state index contributed by atoms with van der Waals surface area (Å²) in [6.45, 7) is 1.81. The average molecular weight is 272 g/mol. The third kappa shape index (κ3) is 3.12. The van der Waals surface area contributed by atoms with Crippen molar-refractivity contribution in [2.75, 3.05) is 7.11 Å². The number of rotatable bonds is 5. The molecule has 2 aromatic rings. The molecule has 0 spiro atoms. The molecule has 1 atom stereocenters. The van der Waals surface area contributed by atoms with Crippen molar-refractivity contribution in [2.24, 2.45) is 0 Å². The molecular weight excluding hydrogens is 256 g/mol. The van der Waals surface area contributed by atoms with Gasteiger partial charge < -0.3 is 9.84 Å². The molecule has 0 fully saturated rings. The Labute approximate surface area is 117 Å². The van der Waals surface area contributed by atoms with Gasteiger partial charge in [-0.2, -0.15) is 10.2 Å². The van der Waals surface area contributed by atoms with Crippen LogP contribution in [0.25, 0.3) is 0 Å². The summed E-state index contributed by atoms with van der Waals surface area (Å²) in [4.78, 5) is 11.5. The fraction of sp³-hybridized carbons (Fsp3) is 0.267. The Morgan fingerprint density at radius 3 is 2.60 bits per heavy atom. The first-order valence-electron chi connectivity index (χ1n) is 6.26. The summed E-state index contributed by atoms with van der Waals surface area (Å²) < 4.78 is 5.25. The molecule has 0 saturated carbocycles. The number of ether oxygens (including phenoxy) is 1. The van der Waals surface area contributed by atoms with E-state index in [-0.39, 0.29) is 0 Å². The zero-order chi connectivity index (χ0) is 14.5. The molecule has 2 rings (SSSR count). The Bertz CT molecular complexity index is 596. The maximum absolute atomic E-state index is 11.5. The third-order valence-corrected chi connectivity index (χ3v) is 3.09. The third-order valence-electron chi connectivity index (χ3n) is 3.09. The van der Waals surface area contributed by atoms with Crippen LogP contribution in [0.2, 0.25) is 0 Å². The summed E-state index contributed by atoms with van der Waals surface area (Å²) in [6, 6.07) is 10.9. The summed E-state index contributed by atoms with van der Waals surface area (Å²) in [5, 5.41) is 17.3. The van der Waals surface area contributed by atoms with Crippen molar-refractivity contribution in [3.8, 4) is 5.75 Å². The number of aliphatic carboxylic acids is 1. The fourth-order valence-corrected chi connectivity index (χ4v) is 2.00. The second-order valence-corrected chi connectivity index (χ2v) is 4.51. The standard InChI is InChI=1S/C15H16N2O3/c1-10-7-8-13(17-16-10)12(15(18)19)9-11-5-3-4-6-14(11)20-2/h3-8,12H,9H2,1-2H3,(H,18,19). The molecule has 104 valence electrons. The van der Waals surface area contributed by atoms with Gasteiger partial charge in [0.15, 0.2) is 0 Å². The monoisotopic (exact) mass is 272 g/mol. The molecule has 5 heteroatoms. The molecule has 1 aromatic heterocycles. The van der Waals surface area contributed by atoms with Crippen LogP contribution < -0.4 is 4.74 Å². The maximum atomic E-state index is 11.5. The van der Waals surface area contributed by atoms with Gasteiger partial charge in [-0.15, -0.1) is 0 Å². The van der Waals surface area contributed by atoms with E-state index in [9.17, 15) is 9.90 Å². The smallest absolute Gasteiger partial charge is 0.313 e. The fourth-order valence-electron chi connectivity index (χ4n) is 2.00. The zero-order valence-electron chi connectivity index (χ0n) is 11.4. The first-order chi connectivity index (χ1) is 9.61. The van der Waals surface area contributed by atoms with Crippen molar-refractivity contribution < 1.29 is 14.6 Å². The van der Waals surface area contributed by atoms with E-state index in [1.807, 2.05) is 31.2 Å². The summed E-state index contributed by atoms with van der Waals surface area (Å²) in [5.41, 5.74) is 2.05. The Morgan fingerprint density at radius 1 is 1.25 bits per heavy atom. The molecule has 0 aliphatic carbocycles. The normalized spacial score (nSPS) is 11.9. The van der Waals surface area contributed by atoms with Crippen LogP contribution in [0.3, 0.4) is 0 Å². The zero-order valence-corrected chi connectivity index (χ0v) is 11.4. The number of nitrogens with zero attached hydrogens (tertiary/aromatic N) is 2. The van der Waals surface area contributed by atoms with E-state index in [1.165, 1.54) is 0 Å². The molecule has 5 nitrogen and oxygen atoms in total. The number of benzene rings is 1. The first-order valence-corrected chi connectivity index (χ1v) is 6.26. The molecule has 20 heavy (non-hydrogen) atoms. The minimum Gasteiger partial charge on any atom is -0.496 e. The van der Waals surface area contributed by atoms with Crippen molar-refractivity contribution in [1.82, 2.24) is 10.2 Å². The highest BCUT2D eigenvalue weighted by Crippen LogP contribution is 2.25. The lowest BCUT2D eigenvalue weighted by atomic mass is 9.95. The van der Waals surface area contributed by atoms with Crippen molar-refractivity contribution in [1.29, 1.82) is 0 Å². The van der Waals surface area contributed by atoms with Gasteiger partial charge in [-0.25, -0.2) is 0 Å². The molecule has 1 N–H and O–H groups in total. The second-order valence-electron chi connectivity index (χ2n) is 4.51. The predicted octanol–water partition coefficient (Wildman–Crippen LogP) is 2.20. The molecular formula is C15H16N2O3. The van der Waals surface area contributed by atoms with Crippen LogP contribution in [-0.2, 0) is 11.2 Å². The highest BCUT2D eigenvalue weighted by molar-refractivity contribution is 5.76.